The summed E-state index contributed by atoms with van der Waals surface area (Å²) in [6, 6.07) is 19.6. The SMILES string of the molecule is CCc1nc2ccncc2c(=O)n1-c1ccc(OC2CCN(C3CCC3)CC2)cc1.COc1cc2c(=O)n(-c3ccc(OCCCN4CCCCC4)cc3)c(C)nc2cn1. The smallest absolute Gasteiger partial charge is 0.267 e. The summed E-state index contributed by atoms with van der Waals surface area (Å²) < 4.78 is 20.6. The maximum Gasteiger partial charge on any atom is 0.267 e. The number of fused-ring (bicyclic) bond motifs is 2. The number of rotatable bonds is 12. The largest absolute Gasteiger partial charge is 0.494 e. The van der Waals surface area contributed by atoms with Crippen LogP contribution in [0.1, 0.15) is 76.4 Å². The van der Waals surface area contributed by atoms with E-state index in [2.05, 4.69) is 29.7 Å². The highest BCUT2D eigenvalue weighted by Crippen LogP contribution is 2.29. The third kappa shape index (κ3) is 9.37. The van der Waals surface area contributed by atoms with Crippen molar-refractivity contribution in [3.05, 3.63) is 112 Å². The molecule has 0 spiro atoms. The van der Waals surface area contributed by atoms with Gasteiger partial charge >= 0.3 is 0 Å². The third-order valence-electron chi connectivity index (χ3n) is 12.1. The van der Waals surface area contributed by atoms with Gasteiger partial charge in [0.15, 0.2) is 0 Å². The molecule has 314 valence electrons. The van der Waals surface area contributed by atoms with Crippen LogP contribution in [0.3, 0.4) is 0 Å². The number of aryl methyl sites for hydroxylation is 2. The second-order valence-electron chi connectivity index (χ2n) is 16.0. The van der Waals surface area contributed by atoms with Gasteiger partial charge in [-0.25, -0.2) is 15.0 Å². The maximum absolute atomic E-state index is 13.1. The number of nitrogens with zero attached hydrogens (tertiary/aromatic N) is 8. The summed E-state index contributed by atoms with van der Waals surface area (Å²) in [6.45, 7) is 10.3. The van der Waals surface area contributed by atoms with Crippen molar-refractivity contribution in [1.29, 1.82) is 0 Å². The van der Waals surface area contributed by atoms with Crippen LogP contribution in [0.2, 0.25) is 0 Å². The average Bonchev–Trinajstić information content (AvgIpc) is 3.26. The zero-order chi connectivity index (χ0) is 41.4. The van der Waals surface area contributed by atoms with Crippen LogP contribution in [0.15, 0.2) is 88.8 Å². The van der Waals surface area contributed by atoms with E-state index in [0.717, 1.165) is 73.6 Å². The molecule has 9 rings (SSSR count). The van der Waals surface area contributed by atoms with E-state index in [1.807, 2.05) is 62.4 Å². The number of aromatic nitrogens is 6. The molecule has 2 aliphatic heterocycles. The van der Waals surface area contributed by atoms with Crippen LogP contribution in [-0.4, -0.2) is 97.5 Å². The minimum Gasteiger partial charge on any atom is -0.494 e. The number of piperidine rings is 2. The Morgan fingerprint density at radius 3 is 2.12 bits per heavy atom. The average molecular weight is 813 g/mol. The van der Waals surface area contributed by atoms with E-state index in [1.165, 1.54) is 58.7 Å². The minimum absolute atomic E-state index is 0.0815. The quantitative estimate of drug-likeness (QED) is 0.118. The Bertz CT molecular complexity index is 2490. The fourth-order valence-corrected chi connectivity index (χ4v) is 8.51. The van der Waals surface area contributed by atoms with Gasteiger partial charge in [-0.15, -0.1) is 0 Å². The van der Waals surface area contributed by atoms with Crippen molar-refractivity contribution in [2.75, 3.05) is 46.4 Å². The number of likely N-dealkylation sites (tertiary alicyclic amines) is 2. The minimum atomic E-state index is -0.145. The summed E-state index contributed by atoms with van der Waals surface area (Å²) in [7, 11) is 1.53. The Kier molecular flexibility index (Phi) is 13.1. The summed E-state index contributed by atoms with van der Waals surface area (Å²) in [4.78, 5) is 48.7. The lowest BCUT2D eigenvalue weighted by atomic mass is 9.90. The molecular formula is C47H56N8O5. The molecule has 0 amide bonds. The molecule has 2 aromatic carbocycles. The first-order valence-electron chi connectivity index (χ1n) is 21.6. The van der Waals surface area contributed by atoms with E-state index in [4.69, 9.17) is 14.2 Å². The van der Waals surface area contributed by atoms with Crippen molar-refractivity contribution in [3.63, 3.8) is 0 Å². The third-order valence-corrected chi connectivity index (χ3v) is 12.1. The lowest BCUT2D eigenvalue weighted by molar-refractivity contribution is 0.0493. The van der Waals surface area contributed by atoms with Crippen molar-refractivity contribution >= 4 is 21.8 Å². The fourth-order valence-electron chi connectivity index (χ4n) is 8.51. The number of benzene rings is 2. The van der Waals surface area contributed by atoms with Gasteiger partial charge in [0.25, 0.3) is 11.1 Å². The van der Waals surface area contributed by atoms with Crippen LogP contribution in [-0.2, 0) is 6.42 Å². The molecule has 3 aliphatic rings. The maximum atomic E-state index is 13.1. The molecule has 0 N–H and O–H groups in total. The molecule has 0 unspecified atom stereocenters. The van der Waals surface area contributed by atoms with Gasteiger partial charge in [-0.2, -0.15) is 0 Å². The molecule has 1 aliphatic carbocycles. The number of methoxy groups -OCH3 is 1. The first kappa shape index (κ1) is 41.1. The lowest BCUT2D eigenvalue weighted by Crippen LogP contribution is -2.46. The molecule has 0 radical (unpaired) electrons. The molecule has 6 heterocycles. The standard InChI is InChI=1S/C24H28N4O2.C23H28N4O3/c1-2-23-26-22-10-13-25-16-21(22)24(29)28(23)18-6-8-19(9-7-18)30-20-11-14-27(15-12-20)17-4-3-5-17;1-17-25-21-16-24-22(29-2)15-20(21)23(28)27(17)18-7-9-19(10-8-18)30-14-6-13-26-11-4-3-5-12-26/h6-10,13,16-17,20H,2-5,11-12,14-15H2,1H3;7-10,15-16H,3-6,11-14H2,1-2H3. The zero-order valence-corrected chi connectivity index (χ0v) is 35.1. The van der Waals surface area contributed by atoms with E-state index in [9.17, 15) is 9.59 Å². The number of pyridine rings is 2. The predicted octanol–water partition coefficient (Wildman–Crippen LogP) is 7.09. The van der Waals surface area contributed by atoms with Crippen LogP contribution >= 0.6 is 0 Å². The second-order valence-corrected chi connectivity index (χ2v) is 16.0. The second kappa shape index (κ2) is 19.2. The van der Waals surface area contributed by atoms with Gasteiger partial charge < -0.3 is 24.0 Å². The van der Waals surface area contributed by atoms with Gasteiger partial charge in [0.1, 0.15) is 29.3 Å². The highest BCUT2D eigenvalue weighted by atomic mass is 16.5. The molecule has 13 heteroatoms. The molecule has 6 aromatic rings. The highest BCUT2D eigenvalue weighted by molar-refractivity contribution is 5.78. The lowest BCUT2D eigenvalue weighted by Gasteiger charge is -2.41. The van der Waals surface area contributed by atoms with Crippen molar-refractivity contribution in [1.82, 2.24) is 38.9 Å². The van der Waals surface area contributed by atoms with Crippen LogP contribution in [0.5, 0.6) is 17.4 Å². The molecule has 4 aromatic heterocycles. The topological polar surface area (TPSA) is 130 Å². The van der Waals surface area contributed by atoms with Gasteiger partial charge in [0.2, 0.25) is 5.88 Å². The fraction of sp³-hybridized carbons (Fsp3) is 0.447. The van der Waals surface area contributed by atoms with Gasteiger partial charge in [0, 0.05) is 50.6 Å². The molecule has 0 atom stereocenters. The van der Waals surface area contributed by atoms with Crippen molar-refractivity contribution < 1.29 is 14.2 Å². The number of hydrogen-bond acceptors (Lipinski definition) is 11. The molecule has 3 fully saturated rings. The van der Waals surface area contributed by atoms with E-state index >= 15 is 0 Å². The number of ether oxygens (including phenoxy) is 3. The van der Waals surface area contributed by atoms with Crippen LogP contribution < -0.4 is 25.3 Å². The monoisotopic (exact) mass is 812 g/mol. The Hall–Kier alpha value is -5.66. The van der Waals surface area contributed by atoms with Crippen molar-refractivity contribution in [3.8, 4) is 28.8 Å². The van der Waals surface area contributed by atoms with Gasteiger partial charge in [-0.3, -0.25) is 23.7 Å². The van der Waals surface area contributed by atoms with E-state index < -0.39 is 0 Å². The normalized spacial score (nSPS) is 16.6. The Morgan fingerprint density at radius 1 is 0.733 bits per heavy atom. The molecule has 60 heavy (non-hydrogen) atoms. The van der Waals surface area contributed by atoms with E-state index in [0.29, 0.717) is 46.5 Å². The summed E-state index contributed by atoms with van der Waals surface area (Å²) in [6.07, 6.45) is 17.1. The molecule has 2 saturated heterocycles. The van der Waals surface area contributed by atoms with Crippen molar-refractivity contribution in [2.45, 2.75) is 90.2 Å². The summed E-state index contributed by atoms with van der Waals surface area (Å²) in [5.74, 6) is 3.42. The van der Waals surface area contributed by atoms with Crippen LogP contribution in [0.25, 0.3) is 33.2 Å². The molecule has 0 bridgehead atoms. The Balaban J connectivity index is 0.000000166. The first-order chi connectivity index (χ1) is 29.4. The van der Waals surface area contributed by atoms with Gasteiger partial charge in [-0.1, -0.05) is 19.8 Å². The Labute approximate surface area is 351 Å². The molecular weight excluding hydrogens is 757 g/mol. The Morgan fingerprint density at radius 2 is 1.43 bits per heavy atom. The van der Waals surface area contributed by atoms with Gasteiger partial charge in [-0.05, 0) is 120 Å². The summed E-state index contributed by atoms with van der Waals surface area (Å²) in [5, 5.41) is 1.01. The van der Waals surface area contributed by atoms with Crippen LogP contribution in [0.4, 0.5) is 0 Å². The molecule has 1 saturated carbocycles. The van der Waals surface area contributed by atoms with E-state index in [1.54, 1.807) is 39.9 Å². The van der Waals surface area contributed by atoms with E-state index in [-0.39, 0.29) is 17.2 Å². The zero-order valence-electron chi connectivity index (χ0n) is 35.1. The number of hydrogen-bond donors (Lipinski definition) is 0. The van der Waals surface area contributed by atoms with Crippen LogP contribution in [0, 0.1) is 6.92 Å². The van der Waals surface area contributed by atoms with Gasteiger partial charge in [0.05, 0.1) is 53.1 Å². The predicted molar refractivity (Wildman–Crippen MR) is 234 cm³/mol. The molecule has 13 nitrogen and oxygen atoms in total. The highest BCUT2D eigenvalue weighted by Gasteiger charge is 2.29. The summed E-state index contributed by atoms with van der Waals surface area (Å²) >= 11 is 0. The van der Waals surface area contributed by atoms with Crippen molar-refractivity contribution in [2.24, 2.45) is 0 Å². The first-order valence-corrected chi connectivity index (χ1v) is 21.6. The summed E-state index contributed by atoms with van der Waals surface area (Å²) in [5.41, 5.74) is 2.58.